The van der Waals surface area contributed by atoms with Gasteiger partial charge in [-0.2, -0.15) is 0 Å². The van der Waals surface area contributed by atoms with E-state index in [1.54, 1.807) is 11.3 Å². The van der Waals surface area contributed by atoms with E-state index in [0.29, 0.717) is 5.92 Å². The van der Waals surface area contributed by atoms with E-state index in [-0.39, 0.29) is 6.04 Å². The minimum absolute atomic E-state index is 0.181. The third kappa shape index (κ3) is 2.15. The van der Waals surface area contributed by atoms with Crippen molar-refractivity contribution >= 4 is 11.3 Å². The fourth-order valence-electron chi connectivity index (χ4n) is 2.27. The molecule has 2 N–H and O–H groups in total. The van der Waals surface area contributed by atoms with Crippen LogP contribution in [-0.2, 0) is 0 Å². The first-order valence-corrected chi connectivity index (χ1v) is 6.33. The highest BCUT2D eigenvalue weighted by Crippen LogP contribution is 2.32. The molecule has 1 fully saturated rings. The van der Waals surface area contributed by atoms with Gasteiger partial charge in [0.2, 0.25) is 0 Å². The van der Waals surface area contributed by atoms with Crippen molar-refractivity contribution in [3.63, 3.8) is 0 Å². The quantitative estimate of drug-likeness (QED) is 0.815. The molecule has 1 unspecified atom stereocenters. The molecule has 1 aromatic rings. The van der Waals surface area contributed by atoms with Gasteiger partial charge in [0.05, 0.1) is 16.7 Å². The number of rotatable bonds is 2. The van der Waals surface area contributed by atoms with Crippen molar-refractivity contribution in [1.29, 1.82) is 0 Å². The lowest BCUT2D eigenvalue weighted by molar-refractivity contribution is 0.305. The zero-order chi connectivity index (χ0) is 9.97. The molecule has 2 nitrogen and oxygen atoms in total. The van der Waals surface area contributed by atoms with Crippen molar-refractivity contribution in [1.82, 2.24) is 4.98 Å². The maximum atomic E-state index is 6.23. The van der Waals surface area contributed by atoms with Gasteiger partial charge in [-0.1, -0.05) is 19.3 Å². The average Bonchev–Trinajstić information content (AvgIpc) is 2.65. The Balaban J connectivity index is 2.03. The maximum absolute atomic E-state index is 6.23. The molecule has 0 amide bonds. The summed E-state index contributed by atoms with van der Waals surface area (Å²) in [6.45, 7) is 2.04. The van der Waals surface area contributed by atoms with Crippen molar-refractivity contribution in [2.24, 2.45) is 11.7 Å². The second kappa shape index (κ2) is 4.41. The van der Waals surface area contributed by atoms with E-state index in [4.69, 9.17) is 5.73 Å². The van der Waals surface area contributed by atoms with Gasteiger partial charge in [0.1, 0.15) is 0 Å². The Morgan fingerprint density at radius 2 is 2.14 bits per heavy atom. The molecular formula is C11H18N2S. The summed E-state index contributed by atoms with van der Waals surface area (Å²) >= 11 is 1.71. The first-order valence-electron chi connectivity index (χ1n) is 5.45. The van der Waals surface area contributed by atoms with Crippen LogP contribution in [0.4, 0.5) is 0 Å². The fourth-order valence-corrected chi connectivity index (χ4v) is 2.93. The molecule has 1 saturated carbocycles. The lowest BCUT2D eigenvalue weighted by Crippen LogP contribution is -2.23. The Kier molecular flexibility index (Phi) is 3.19. The van der Waals surface area contributed by atoms with Crippen LogP contribution >= 0.6 is 11.3 Å². The largest absolute Gasteiger partial charge is 0.322 e. The van der Waals surface area contributed by atoms with Gasteiger partial charge in [0, 0.05) is 5.38 Å². The van der Waals surface area contributed by atoms with Crippen LogP contribution in [0, 0.1) is 12.8 Å². The van der Waals surface area contributed by atoms with Crippen molar-refractivity contribution in [3.8, 4) is 0 Å². The molecule has 1 aromatic heterocycles. The zero-order valence-electron chi connectivity index (χ0n) is 8.70. The summed E-state index contributed by atoms with van der Waals surface area (Å²) in [7, 11) is 0. The third-order valence-electron chi connectivity index (χ3n) is 3.14. The van der Waals surface area contributed by atoms with Crippen LogP contribution in [0.2, 0.25) is 0 Å². The standard InChI is InChI=1S/C11H18N2S/c1-8-13-10(7-14-8)11(12)9-5-3-2-4-6-9/h7,9,11H,2-6,12H2,1H3. The molecule has 0 aliphatic heterocycles. The second-order valence-electron chi connectivity index (χ2n) is 4.22. The molecule has 3 heteroatoms. The summed E-state index contributed by atoms with van der Waals surface area (Å²) in [5, 5.41) is 3.25. The number of hydrogen-bond donors (Lipinski definition) is 1. The van der Waals surface area contributed by atoms with Gasteiger partial charge in [-0.3, -0.25) is 0 Å². The Bertz CT molecular complexity index is 289. The molecule has 0 bridgehead atoms. The first-order chi connectivity index (χ1) is 6.77. The predicted molar refractivity (Wildman–Crippen MR) is 60.4 cm³/mol. The van der Waals surface area contributed by atoms with Gasteiger partial charge < -0.3 is 5.73 Å². The van der Waals surface area contributed by atoms with Crippen molar-refractivity contribution in [2.45, 2.75) is 45.1 Å². The van der Waals surface area contributed by atoms with Crippen LogP contribution in [0.3, 0.4) is 0 Å². The van der Waals surface area contributed by atoms with Gasteiger partial charge in [-0.05, 0) is 25.7 Å². The van der Waals surface area contributed by atoms with Crippen molar-refractivity contribution in [2.75, 3.05) is 0 Å². The van der Waals surface area contributed by atoms with Gasteiger partial charge in [-0.25, -0.2) is 4.98 Å². The minimum atomic E-state index is 0.181. The molecule has 1 aliphatic rings. The van der Waals surface area contributed by atoms with Gasteiger partial charge >= 0.3 is 0 Å². The number of nitrogens with zero attached hydrogens (tertiary/aromatic N) is 1. The monoisotopic (exact) mass is 210 g/mol. The normalized spacial score (nSPS) is 21.0. The Labute approximate surface area is 89.5 Å². The van der Waals surface area contributed by atoms with Crippen molar-refractivity contribution in [3.05, 3.63) is 16.1 Å². The van der Waals surface area contributed by atoms with E-state index in [0.717, 1.165) is 10.7 Å². The predicted octanol–water partition coefficient (Wildman–Crippen LogP) is 3.03. The SMILES string of the molecule is Cc1nc(C(N)C2CCCCC2)cs1. The van der Waals surface area contributed by atoms with Crippen LogP contribution in [0.15, 0.2) is 5.38 Å². The molecule has 1 aliphatic carbocycles. The number of nitrogens with two attached hydrogens (primary N) is 1. The van der Waals surface area contributed by atoms with Crippen molar-refractivity contribution < 1.29 is 0 Å². The van der Waals surface area contributed by atoms with Crippen LogP contribution < -0.4 is 5.73 Å². The van der Waals surface area contributed by atoms with Gasteiger partial charge in [0.15, 0.2) is 0 Å². The molecule has 0 radical (unpaired) electrons. The highest BCUT2D eigenvalue weighted by Gasteiger charge is 2.23. The highest BCUT2D eigenvalue weighted by atomic mass is 32.1. The molecular weight excluding hydrogens is 192 g/mol. The molecule has 14 heavy (non-hydrogen) atoms. The first kappa shape index (κ1) is 10.1. The number of hydrogen-bond acceptors (Lipinski definition) is 3. The molecule has 0 aromatic carbocycles. The topological polar surface area (TPSA) is 38.9 Å². The van der Waals surface area contributed by atoms with Crippen LogP contribution in [0.25, 0.3) is 0 Å². The highest BCUT2D eigenvalue weighted by molar-refractivity contribution is 7.09. The summed E-state index contributed by atoms with van der Waals surface area (Å²) < 4.78 is 0. The van der Waals surface area contributed by atoms with E-state index in [9.17, 15) is 0 Å². The molecule has 0 spiro atoms. The molecule has 2 rings (SSSR count). The lowest BCUT2D eigenvalue weighted by atomic mass is 9.83. The summed E-state index contributed by atoms with van der Waals surface area (Å²) in [4.78, 5) is 4.48. The molecule has 0 saturated heterocycles. The Morgan fingerprint density at radius 3 is 2.71 bits per heavy atom. The van der Waals surface area contributed by atoms with E-state index in [2.05, 4.69) is 10.4 Å². The minimum Gasteiger partial charge on any atom is -0.322 e. The Morgan fingerprint density at radius 1 is 1.43 bits per heavy atom. The van der Waals surface area contributed by atoms with Crippen LogP contribution in [-0.4, -0.2) is 4.98 Å². The lowest BCUT2D eigenvalue weighted by Gasteiger charge is -2.26. The van der Waals surface area contributed by atoms with Crippen LogP contribution in [0.5, 0.6) is 0 Å². The second-order valence-corrected chi connectivity index (χ2v) is 5.28. The van der Waals surface area contributed by atoms with Crippen LogP contribution in [0.1, 0.15) is 48.8 Å². The third-order valence-corrected chi connectivity index (χ3v) is 3.93. The summed E-state index contributed by atoms with van der Waals surface area (Å²) in [5.74, 6) is 0.672. The fraction of sp³-hybridized carbons (Fsp3) is 0.727. The van der Waals surface area contributed by atoms with Gasteiger partial charge in [-0.15, -0.1) is 11.3 Å². The van der Waals surface area contributed by atoms with E-state index in [1.165, 1.54) is 32.1 Å². The number of aromatic nitrogens is 1. The summed E-state index contributed by atoms with van der Waals surface area (Å²) in [6.07, 6.45) is 6.66. The average molecular weight is 210 g/mol. The molecule has 1 heterocycles. The smallest absolute Gasteiger partial charge is 0.0898 e. The maximum Gasteiger partial charge on any atom is 0.0898 e. The van der Waals surface area contributed by atoms with E-state index < -0.39 is 0 Å². The Hall–Kier alpha value is -0.410. The summed E-state index contributed by atoms with van der Waals surface area (Å²) in [6, 6.07) is 0.181. The van der Waals surface area contributed by atoms with E-state index >= 15 is 0 Å². The molecule has 1 atom stereocenters. The summed E-state index contributed by atoms with van der Waals surface area (Å²) in [5.41, 5.74) is 7.34. The zero-order valence-corrected chi connectivity index (χ0v) is 9.52. The van der Waals surface area contributed by atoms with E-state index in [1.807, 2.05) is 6.92 Å². The number of thiazole rings is 1. The molecule has 78 valence electrons. The van der Waals surface area contributed by atoms with Gasteiger partial charge in [0.25, 0.3) is 0 Å². The number of aryl methyl sites for hydroxylation is 1.